The topological polar surface area (TPSA) is 112 Å². The highest BCUT2D eigenvalue weighted by molar-refractivity contribution is 5.89. The van der Waals surface area contributed by atoms with Gasteiger partial charge in [0.1, 0.15) is 17.9 Å². The van der Waals surface area contributed by atoms with Gasteiger partial charge in [-0.2, -0.15) is 4.68 Å². The van der Waals surface area contributed by atoms with Crippen molar-refractivity contribution in [1.29, 1.82) is 0 Å². The minimum absolute atomic E-state index is 0.128. The average Bonchev–Trinajstić information content (AvgIpc) is 3.39. The smallest absolute Gasteiger partial charge is 0.248 e. The number of aromatic nitrogens is 4. The van der Waals surface area contributed by atoms with Crippen molar-refractivity contribution in [3.05, 3.63) is 89.0 Å². The Labute approximate surface area is 212 Å². The van der Waals surface area contributed by atoms with Crippen molar-refractivity contribution in [3.63, 3.8) is 0 Å². The van der Waals surface area contributed by atoms with Crippen LogP contribution in [-0.2, 0) is 4.79 Å². The molecule has 2 N–H and O–H groups in total. The van der Waals surface area contributed by atoms with Crippen LogP contribution in [0.4, 0.5) is 11.6 Å². The number of hydrogen-bond donors (Lipinski definition) is 2. The zero-order chi connectivity index (χ0) is 25.5. The number of hydrogen-bond acceptors (Lipinski definition) is 8. The van der Waals surface area contributed by atoms with E-state index in [1.165, 1.54) is 6.92 Å². The summed E-state index contributed by atoms with van der Waals surface area (Å²) in [4.78, 5) is 11.5. The van der Waals surface area contributed by atoms with Crippen molar-refractivity contribution in [2.24, 2.45) is 0 Å². The summed E-state index contributed by atoms with van der Waals surface area (Å²) in [6, 6.07) is 20.9. The minimum Gasteiger partial charge on any atom is -0.493 e. The third-order valence-electron chi connectivity index (χ3n) is 6.50. The van der Waals surface area contributed by atoms with Gasteiger partial charge >= 0.3 is 0 Å². The molecule has 0 saturated heterocycles. The van der Waals surface area contributed by atoms with E-state index in [0.29, 0.717) is 23.1 Å². The van der Waals surface area contributed by atoms with E-state index in [9.17, 15) is 4.79 Å². The van der Waals surface area contributed by atoms with Crippen LogP contribution in [0, 0.1) is 0 Å². The molecule has 0 aliphatic carbocycles. The van der Waals surface area contributed by atoms with Crippen LogP contribution >= 0.6 is 0 Å². The van der Waals surface area contributed by atoms with E-state index in [0.717, 1.165) is 33.7 Å². The lowest BCUT2D eigenvalue weighted by atomic mass is 9.84. The normalized spacial score (nSPS) is 17.5. The molecule has 3 aromatic carbocycles. The highest BCUT2D eigenvalue weighted by Gasteiger charge is 2.41. The highest BCUT2D eigenvalue weighted by atomic mass is 16.5. The van der Waals surface area contributed by atoms with Crippen LogP contribution in [0.3, 0.4) is 0 Å². The molecule has 2 atom stereocenters. The van der Waals surface area contributed by atoms with Crippen molar-refractivity contribution < 1.29 is 19.0 Å². The Morgan fingerprint density at radius 1 is 1.00 bits per heavy atom. The molecule has 37 heavy (non-hydrogen) atoms. The Balaban J connectivity index is 1.55. The van der Waals surface area contributed by atoms with Crippen LogP contribution in [0.15, 0.2) is 72.3 Å². The third kappa shape index (κ3) is 3.83. The predicted molar refractivity (Wildman–Crippen MR) is 137 cm³/mol. The van der Waals surface area contributed by atoms with Gasteiger partial charge in [0.25, 0.3) is 0 Å². The molecule has 6 rings (SSSR count). The molecular formula is C27H24N6O4. The van der Waals surface area contributed by atoms with Gasteiger partial charge in [-0.15, -0.1) is 0 Å². The standard InChI is InChI=1S/C27H24N6O4/c1-15(34)28-18-11-8-16(9-12-18)26-23-24(19-6-4-5-7-20(19)37-26)29-27-30-31-32-33(27)25(23)17-10-13-21(35-2)22(14-17)36-3/h4-14,25-26H,1-3H3,(H,28,34)(H,29,30,32)/t25-,26-/m0/s1. The van der Waals surface area contributed by atoms with Gasteiger partial charge in [0, 0.05) is 23.7 Å². The minimum atomic E-state index is -0.459. The molecule has 0 saturated carbocycles. The number of rotatable bonds is 5. The zero-order valence-electron chi connectivity index (χ0n) is 20.4. The van der Waals surface area contributed by atoms with E-state index in [1.54, 1.807) is 18.9 Å². The largest absolute Gasteiger partial charge is 0.493 e. The van der Waals surface area contributed by atoms with E-state index in [2.05, 4.69) is 26.2 Å². The van der Waals surface area contributed by atoms with Crippen molar-refractivity contribution >= 4 is 23.2 Å². The van der Waals surface area contributed by atoms with Gasteiger partial charge in [-0.1, -0.05) is 35.4 Å². The Kier molecular flexibility index (Phi) is 5.48. The zero-order valence-corrected chi connectivity index (χ0v) is 20.4. The summed E-state index contributed by atoms with van der Waals surface area (Å²) in [5.41, 5.74) is 5.28. The molecule has 0 spiro atoms. The fraction of sp³-hybridized carbons (Fsp3) is 0.185. The third-order valence-corrected chi connectivity index (χ3v) is 6.50. The Bertz CT molecular complexity index is 1530. The summed E-state index contributed by atoms with van der Waals surface area (Å²) in [7, 11) is 3.21. The predicted octanol–water partition coefficient (Wildman–Crippen LogP) is 4.21. The number of nitrogens with zero attached hydrogens (tertiary/aromatic N) is 4. The molecule has 186 valence electrons. The number of carbonyl (C=O) groups is 1. The number of anilines is 2. The lowest BCUT2D eigenvalue weighted by Crippen LogP contribution is -2.32. The second-order valence-electron chi connectivity index (χ2n) is 8.72. The summed E-state index contributed by atoms with van der Waals surface area (Å²) in [6.45, 7) is 1.48. The van der Waals surface area contributed by atoms with Gasteiger partial charge in [-0.25, -0.2) is 0 Å². The molecular weight excluding hydrogens is 472 g/mol. The molecule has 1 aromatic heterocycles. The van der Waals surface area contributed by atoms with Crippen LogP contribution in [0.2, 0.25) is 0 Å². The van der Waals surface area contributed by atoms with E-state index >= 15 is 0 Å². The molecule has 10 heteroatoms. The van der Waals surface area contributed by atoms with Gasteiger partial charge in [0.05, 0.1) is 19.9 Å². The van der Waals surface area contributed by atoms with E-state index in [-0.39, 0.29) is 5.91 Å². The molecule has 0 radical (unpaired) electrons. The maximum absolute atomic E-state index is 11.5. The second kappa shape index (κ2) is 8.98. The van der Waals surface area contributed by atoms with E-state index in [4.69, 9.17) is 14.2 Å². The van der Waals surface area contributed by atoms with Gasteiger partial charge in [-0.3, -0.25) is 4.79 Å². The monoisotopic (exact) mass is 496 g/mol. The molecule has 2 aliphatic rings. The first kappa shape index (κ1) is 22.6. The van der Waals surface area contributed by atoms with Gasteiger partial charge in [-0.05, 0) is 58.0 Å². The number of benzene rings is 3. The first-order valence-electron chi connectivity index (χ1n) is 11.7. The molecule has 0 fully saturated rings. The number of carbonyl (C=O) groups excluding carboxylic acids is 1. The first-order valence-corrected chi connectivity index (χ1v) is 11.7. The first-order chi connectivity index (χ1) is 18.1. The average molecular weight is 497 g/mol. The number of nitrogens with one attached hydrogen (secondary N) is 2. The highest BCUT2D eigenvalue weighted by Crippen LogP contribution is 2.51. The maximum atomic E-state index is 11.5. The van der Waals surface area contributed by atoms with Crippen molar-refractivity contribution in [2.75, 3.05) is 24.9 Å². The lowest BCUT2D eigenvalue weighted by Gasteiger charge is -2.38. The second-order valence-corrected chi connectivity index (χ2v) is 8.72. The molecule has 4 aromatic rings. The summed E-state index contributed by atoms with van der Waals surface area (Å²) in [6.07, 6.45) is -0.459. The fourth-order valence-corrected chi connectivity index (χ4v) is 4.90. The van der Waals surface area contributed by atoms with Gasteiger partial charge in [0.2, 0.25) is 11.9 Å². The number of tetrazole rings is 1. The number of para-hydroxylation sites is 1. The number of fused-ring (bicyclic) bond motifs is 3. The number of methoxy groups -OCH3 is 2. The molecule has 0 bridgehead atoms. The Hall–Kier alpha value is -4.86. The lowest BCUT2D eigenvalue weighted by molar-refractivity contribution is -0.114. The fourth-order valence-electron chi connectivity index (χ4n) is 4.90. The summed E-state index contributed by atoms with van der Waals surface area (Å²) in [5.74, 6) is 2.37. The van der Waals surface area contributed by atoms with Crippen molar-refractivity contribution in [3.8, 4) is 17.2 Å². The van der Waals surface area contributed by atoms with Crippen LogP contribution in [0.25, 0.3) is 5.70 Å². The van der Waals surface area contributed by atoms with Crippen LogP contribution in [0.5, 0.6) is 17.2 Å². The molecule has 10 nitrogen and oxygen atoms in total. The SMILES string of the molecule is COc1ccc([C@H]2C3=C(Nc4nnnn42)c2ccccc2O[C@H]3c2ccc(NC(C)=O)cc2)cc1OC. The van der Waals surface area contributed by atoms with Crippen molar-refractivity contribution in [1.82, 2.24) is 20.2 Å². The maximum Gasteiger partial charge on any atom is 0.248 e. The summed E-state index contributed by atoms with van der Waals surface area (Å²) >= 11 is 0. The van der Waals surface area contributed by atoms with Crippen molar-refractivity contribution in [2.45, 2.75) is 19.1 Å². The van der Waals surface area contributed by atoms with Gasteiger partial charge < -0.3 is 24.8 Å². The Morgan fingerprint density at radius 2 is 1.76 bits per heavy atom. The Morgan fingerprint density at radius 3 is 2.51 bits per heavy atom. The van der Waals surface area contributed by atoms with E-state index < -0.39 is 12.1 Å². The summed E-state index contributed by atoms with van der Waals surface area (Å²) < 4.78 is 19.4. The molecule has 1 amide bonds. The molecule has 3 heterocycles. The van der Waals surface area contributed by atoms with Crippen LogP contribution in [0.1, 0.15) is 35.8 Å². The molecule has 2 aliphatic heterocycles. The summed E-state index contributed by atoms with van der Waals surface area (Å²) in [5, 5.41) is 18.7. The van der Waals surface area contributed by atoms with E-state index in [1.807, 2.05) is 66.7 Å². The number of ether oxygens (including phenoxy) is 3. The molecule has 0 unspecified atom stereocenters. The van der Waals surface area contributed by atoms with Crippen LogP contribution < -0.4 is 24.8 Å². The van der Waals surface area contributed by atoms with Gasteiger partial charge in [0.15, 0.2) is 11.5 Å². The number of amides is 1. The van der Waals surface area contributed by atoms with Crippen LogP contribution in [-0.4, -0.2) is 40.3 Å². The quantitative estimate of drug-likeness (QED) is 0.423.